The summed E-state index contributed by atoms with van der Waals surface area (Å²) in [6.45, 7) is 8.40. The van der Waals surface area contributed by atoms with Crippen molar-refractivity contribution < 1.29 is 0 Å². The molecule has 1 fully saturated rings. The molecule has 1 rings (SSSR count). The molecule has 2 N–H and O–H groups in total. The molecule has 0 aromatic carbocycles. The number of nitrogens with zero attached hydrogens (tertiary/aromatic N) is 1. The summed E-state index contributed by atoms with van der Waals surface area (Å²) >= 11 is 0. The minimum absolute atomic E-state index is 0.0182. The smallest absolute Gasteiger partial charge is 0.100 e. The Kier molecular flexibility index (Phi) is 1.73. The Morgan fingerprint density at radius 2 is 1.82 bits per heavy atom. The molecule has 0 aromatic rings. The van der Waals surface area contributed by atoms with Crippen LogP contribution in [0.1, 0.15) is 40.5 Å². The summed E-state index contributed by atoms with van der Waals surface area (Å²) in [5, 5.41) is 0. The monoisotopic (exact) mass is 154 g/mol. The first-order valence-electron chi connectivity index (χ1n) is 4.19. The number of nitrogens with two attached hydrogens (primary N) is 1. The second-order valence-corrected chi connectivity index (χ2v) is 4.73. The van der Waals surface area contributed by atoms with Crippen LogP contribution >= 0.6 is 0 Å². The van der Waals surface area contributed by atoms with Crippen LogP contribution in [0.25, 0.3) is 0 Å². The van der Waals surface area contributed by atoms with E-state index in [1.807, 2.05) is 0 Å². The van der Waals surface area contributed by atoms with E-state index in [-0.39, 0.29) is 11.0 Å². The van der Waals surface area contributed by atoms with Gasteiger partial charge in [0.1, 0.15) is 5.84 Å². The van der Waals surface area contributed by atoms with E-state index < -0.39 is 0 Å². The lowest BCUT2D eigenvalue weighted by Gasteiger charge is -2.16. The number of rotatable bonds is 1. The third kappa shape index (κ3) is 2.21. The normalized spacial score (nSPS) is 23.5. The molecule has 0 saturated heterocycles. The molecular weight excluding hydrogens is 136 g/mol. The van der Waals surface area contributed by atoms with E-state index in [1.165, 1.54) is 12.8 Å². The van der Waals surface area contributed by atoms with Crippen molar-refractivity contribution in [3.8, 4) is 0 Å². The molecule has 1 aliphatic carbocycles. The van der Waals surface area contributed by atoms with Gasteiger partial charge < -0.3 is 5.73 Å². The van der Waals surface area contributed by atoms with Crippen molar-refractivity contribution in [2.75, 3.05) is 0 Å². The van der Waals surface area contributed by atoms with Crippen LogP contribution in [0.2, 0.25) is 0 Å². The van der Waals surface area contributed by atoms with Gasteiger partial charge in [-0.1, -0.05) is 6.92 Å². The quantitative estimate of drug-likeness (QED) is 0.455. The molecule has 64 valence electrons. The summed E-state index contributed by atoms with van der Waals surface area (Å²) in [7, 11) is 0. The van der Waals surface area contributed by atoms with E-state index in [0.29, 0.717) is 0 Å². The van der Waals surface area contributed by atoms with Crippen LogP contribution in [-0.4, -0.2) is 11.4 Å². The van der Waals surface area contributed by atoms with E-state index in [2.05, 4.69) is 32.7 Å². The summed E-state index contributed by atoms with van der Waals surface area (Å²) in [6, 6.07) is 0. The average Bonchev–Trinajstić information content (AvgIpc) is 2.44. The molecule has 2 heteroatoms. The maximum Gasteiger partial charge on any atom is 0.100 e. The molecule has 1 saturated carbocycles. The van der Waals surface area contributed by atoms with Gasteiger partial charge in [-0.2, -0.15) is 0 Å². The van der Waals surface area contributed by atoms with Crippen molar-refractivity contribution in [2.24, 2.45) is 16.1 Å². The second kappa shape index (κ2) is 2.23. The Morgan fingerprint density at radius 1 is 1.36 bits per heavy atom. The second-order valence-electron chi connectivity index (χ2n) is 4.73. The van der Waals surface area contributed by atoms with Crippen LogP contribution < -0.4 is 5.73 Å². The third-order valence-corrected chi connectivity index (χ3v) is 2.07. The minimum Gasteiger partial charge on any atom is -0.387 e. The van der Waals surface area contributed by atoms with Crippen molar-refractivity contribution in [1.82, 2.24) is 0 Å². The molecule has 0 aliphatic heterocycles. The van der Waals surface area contributed by atoms with E-state index >= 15 is 0 Å². The van der Waals surface area contributed by atoms with E-state index in [9.17, 15) is 0 Å². The summed E-state index contributed by atoms with van der Waals surface area (Å²) in [6.07, 6.45) is 2.41. The zero-order chi connectivity index (χ0) is 8.70. The lowest BCUT2D eigenvalue weighted by molar-refractivity contribution is 0.572. The first-order chi connectivity index (χ1) is 4.83. The molecule has 0 heterocycles. The lowest BCUT2D eigenvalue weighted by Crippen LogP contribution is -2.27. The van der Waals surface area contributed by atoms with Crippen molar-refractivity contribution in [3.05, 3.63) is 0 Å². The van der Waals surface area contributed by atoms with Gasteiger partial charge in [0.2, 0.25) is 0 Å². The molecule has 0 amide bonds. The number of hydrogen-bond donors (Lipinski definition) is 1. The largest absolute Gasteiger partial charge is 0.387 e. The predicted molar refractivity (Wildman–Crippen MR) is 48.7 cm³/mol. The summed E-state index contributed by atoms with van der Waals surface area (Å²) in [5.41, 5.74) is 6.07. The molecule has 2 nitrogen and oxygen atoms in total. The fourth-order valence-corrected chi connectivity index (χ4v) is 0.940. The summed E-state index contributed by atoms with van der Waals surface area (Å²) < 4.78 is 0. The highest BCUT2D eigenvalue weighted by Gasteiger charge is 2.41. The van der Waals surface area contributed by atoms with Crippen LogP contribution in [0.4, 0.5) is 0 Å². The SMILES string of the molecule is CC(C)(C)N=C(N)C1(C)CC1. The van der Waals surface area contributed by atoms with Crippen molar-refractivity contribution in [1.29, 1.82) is 0 Å². The molecule has 11 heavy (non-hydrogen) atoms. The standard InChI is InChI=1S/C9H18N2/c1-8(2,3)11-7(10)9(4)5-6-9/h5-6H2,1-4H3,(H2,10,11). The first-order valence-corrected chi connectivity index (χ1v) is 4.19. The van der Waals surface area contributed by atoms with Crippen LogP contribution in [0.5, 0.6) is 0 Å². The third-order valence-electron chi connectivity index (χ3n) is 2.07. The molecule has 0 bridgehead atoms. The van der Waals surface area contributed by atoms with E-state index in [0.717, 1.165) is 5.84 Å². The Morgan fingerprint density at radius 3 is 2.09 bits per heavy atom. The van der Waals surface area contributed by atoms with Crippen LogP contribution in [0.15, 0.2) is 4.99 Å². The van der Waals surface area contributed by atoms with Gasteiger partial charge in [0.25, 0.3) is 0 Å². The van der Waals surface area contributed by atoms with Crippen LogP contribution in [0.3, 0.4) is 0 Å². The number of aliphatic imine (C=N–C) groups is 1. The van der Waals surface area contributed by atoms with E-state index in [4.69, 9.17) is 5.73 Å². The Labute approximate surface area is 68.9 Å². The fraction of sp³-hybridized carbons (Fsp3) is 0.889. The molecule has 0 unspecified atom stereocenters. The number of amidine groups is 1. The zero-order valence-electron chi connectivity index (χ0n) is 7.94. The molecule has 0 radical (unpaired) electrons. The van der Waals surface area contributed by atoms with Gasteiger partial charge in [-0.15, -0.1) is 0 Å². The first kappa shape index (κ1) is 8.57. The topological polar surface area (TPSA) is 38.4 Å². The molecule has 1 aliphatic rings. The highest BCUT2D eigenvalue weighted by atomic mass is 14.9. The lowest BCUT2D eigenvalue weighted by atomic mass is 10.1. The average molecular weight is 154 g/mol. The molecule has 0 spiro atoms. The molecule has 0 atom stereocenters. The van der Waals surface area contributed by atoms with Crippen LogP contribution in [-0.2, 0) is 0 Å². The van der Waals surface area contributed by atoms with Crippen molar-refractivity contribution in [3.63, 3.8) is 0 Å². The zero-order valence-corrected chi connectivity index (χ0v) is 7.94. The predicted octanol–water partition coefficient (Wildman–Crippen LogP) is 1.94. The van der Waals surface area contributed by atoms with Crippen LogP contribution in [0, 0.1) is 5.41 Å². The van der Waals surface area contributed by atoms with Gasteiger partial charge in [-0.05, 0) is 33.6 Å². The van der Waals surface area contributed by atoms with E-state index in [1.54, 1.807) is 0 Å². The van der Waals surface area contributed by atoms with Gasteiger partial charge in [-0.25, -0.2) is 0 Å². The maximum absolute atomic E-state index is 5.85. The van der Waals surface area contributed by atoms with Gasteiger partial charge in [-0.3, -0.25) is 4.99 Å². The van der Waals surface area contributed by atoms with Gasteiger partial charge >= 0.3 is 0 Å². The van der Waals surface area contributed by atoms with Gasteiger partial charge in [0.05, 0.1) is 5.54 Å². The molecular formula is C9H18N2. The maximum atomic E-state index is 5.85. The highest BCUT2D eigenvalue weighted by molar-refractivity contribution is 5.88. The number of hydrogen-bond acceptors (Lipinski definition) is 1. The van der Waals surface area contributed by atoms with Crippen molar-refractivity contribution >= 4 is 5.84 Å². The summed E-state index contributed by atoms with van der Waals surface area (Å²) in [5.74, 6) is 0.838. The Bertz CT molecular complexity index is 182. The van der Waals surface area contributed by atoms with Gasteiger partial charge in [0.15, 0.2) is 0 Å². The molecule has 0 aromatic heterocycles. The minimum atomic E-state index is -0.0182. The highest BCUT2D eigenvalue weighted by Crippen LogP contribution is 2.45. The van der Waals surface area contributed by atoms with Gasteiger partial charge in [0, 0.05) is 5.41 Å². The Hall–Kier alpha value is -0.530. The fourth-order valence-electron chi connectivity index (χ4n) is 0.940. The Balaban J connectivity index is 2.67. The summed E-state index contributed by atoms with van der Waals surface area (Å²) in [4.78, 5) is 4.44. The van der Waals surface area contributed by atoms with Crippen molar-refractivity contribution in [2.45, 2.75) is 46.1 Å².